The van der Waals surface area contributed by atoms with Crippen LogP contribution in [0.5, 0.6) is 0 Å². The van der Waals surface area contributed by atoms with Crippen LogP contribution in [0, 0.1) is 0 Å². The standard InChI is InChI=1S/C17H9Cl2F6NO/c18-15(19)13(9-1-3-10(4-2-9)16(20,21)22)26(14(15)27)12-7-5-11(6-8-12)17(23,24)25/h1-8,13H. The van der Waals surface area contributed by atoms with E-state index in [-0.39, 0.29) is 11.3 Å². The number of amides is 1. The Morgan fingerprint density at radius 1 is 0.778 bits per heavy atom. The number of carbonyl (C=O) groups excluding carboxylic acids is 1. The van der Waals surface area contributed by atoms with Gasteiger partial charge in [-0.25, -0.2) is 0 Å². The van der Waals surface area contributed by atoms with Crippen molar-refractivity contribution >= 4 is 34.8 Å². The minimum Gasteiger partial charge on any atom is -0.299 e. The minimum absolute atomic E-state index is 0.0924. The Labute approximate surface area is 159 Å². The van der Waals surface area contributed by atoms with Crippen molar-refractivity contribution < 1.29 is 31.1 Å². The monoisotopic (exact) mass is 427 g/mol. The third kappa shape index (κ3) is 3.48. The zero-order chi connectivity index (χ0) is 20.2. The number of benzene rings is 2. The van der Waals surface area contributed by atoms with Gasteiger partial charge in [-0.3, -0.25) is 9.69 Å². The zero-order valence-electron chi connectivity index (χ0n) is 13.1. The third-order valence-corrected chi connectivity index (χ3v) is 4.87. The topological polar surface area (TPSA) is 20.3 Å². The summed E-state index contributed by atoms with van der Waals surface area (Å²) in [5.74, 6) is -0.782. The van der Waals surface area contributed by atoms with Gasteiger partial charge in [-0.15, -0.1) is 0 Å². The lowest BCUT2D eigenvalue weighted by atomic mass is 9.91. The van der Waals surface area contributed by atoms with Gasteiger partial charge in [0.05, 0.1) is 11.1 Å². The minimum atomic E-state index is -4.55. The van der Waals surface area contributed by atoms with Gasteiger partial charge in [0, 0.05) is 5.69 Å². The van der Waals surface area contributed by atoms with E-state index in [4.69, 9.17) is 23.2 Å². The summed E-state index contributed by atoms with van der Waals surface area (Å²) in [7, 11) is 0. The maximum Gasteiger partial charge on any atom is 0.416 e. The highest BCUT2D eigenvalue weighted by molar-refractivity contribution is 6.62. The molecular weight excluding hydrogens is 419 g/mol. The maximum atomic E-state index is 12.7. The summed E-state index contributed by atoms with van der Waals surface area (Å²) < 4.78 is 74.2. The summed E-state index contributed by atoms with van der Waals surface area (Å²) >= 11 is 12.0. The van der Waals surface area contributed by atoms with E-state index in [2.05, 4.69) is 0 Å². The third-order valence-electron chi connectivity index (χ3n) is 4.13. The Morgan fingerprint density at radius 2 is 1.19 bits per heavy atom. The van der Waals surface area contributed by atoms with Gasteiger partial charge in [0.1, 0.15) is 6.04 Å². The first-order valence-electron chi connectivity index (χ1n) is 7.39. The van der Waals surface area contributed by atoms with E-state index < -0.39 is 39.8 Å². The van der Waals surface area contributed by atoms with Crippen LogP contribution in [-0.2, 0) is 17.1 Å². The Balaban J connectivity index is 1.95. The molecule has 2 aromatic rings. The molecule has 2 nitrogen and oxygen atoms in total. The van der Waals surface area contributed by atoms with Crippen LogP contribution in [-0.4, -0.2) is 10.2 Å². The Hall–Kier alpha value is -1.93. The summed E-state index contributed by atoms with van der Waals surface area (Å²) in [6, 6.07) is 6.53. The second kappa shape index (κ2) is 6.31. The average Bonchev–Trinajstić information content (AvgIpc) is 2.57. The van der Waals surface area contributed by atoms with Gasteiger partial charge in [-0.05, 0) is 42.0 Å². The molecule has 1 unspecified atom stereocenters. The number of alkyl halides is 8. The van der Waals surface area contributed by atoms with Gasteiger partial charge < -0.3 is 0 Å². The van der Waals surface area contributed by atoms with E-state index in [1.807, 2.05) is 0 Å². The zero-order valence-corrected chi connectivity index (χ0v) is 14.6. The summed E-state index contributed by atoms with van der Waals surface area (Å²) in [6.07, 6.45) is -9.09. The Kier molecular flexibility index (Phi) is 4.63. The molecule has 1 fully saturated rings. The van der Waals surface area contributed by atoms with E-state index >= 15 is 0 Å². The molecule has 0 spiro atoms. The molecule has 10 heteroatoms. The molecule has 27 heavy (non-hydrogen) atoms. The highest BCUT2D eigenvalue weighted by Gasteiger charge is 2.60. The molecule has 1 amide bonds. The van der Waals surface area contributed by atoms with Gasteiger partial charge in [-0.1, -0.05) is 35.3 Å². The fraction of sp³-hybridized carbons (Fsp3) is 0.235. The lowest BCUT2D eigenvalue weighted by Gasteiger charge is -2.49. The van der Waals surface area contributed by atoms with Gasteiger partial charge >= 0.3 is 12.4 Å². The normalized spacial score (nSPS) is 19.8. The molecule has 1 aliphatic rings. The molecule has 1 aliphatic heterocycles. The number of hydrogen-bond acceptors (Lipinski definition) is 1. The molecule has 0 bridgehead atoms. The van der Waals surface area contributed by atoms with Gasteiger partial charge in [0.2, 0.25) is 4.33 Å². The van der Waals surface area contributed by atoms with E-state index in [9.17, 15) is 31.1 Å². The van der Waals surface area contributed by atoms with Crippen LogP contribution in [0.3, 0.4) is 0 Å². The SMILES string of the molecule is O=C1N(c2ccc(C(F)(F)F)cc2)C(c2ccc(C(F)(F)F)cc2)C1(Cl)Cl. The molecule has 0 saturated carbocycles. The Bertz CT molecular complexity index is 859. The molecule has 144 valence electrons. The molecule has 0 N–H and O–H groups in total. The van der Waals surface area contributed by atoms with Crippen molar-refractivity contribution in [1.82, 2.24) is 0 Å². The van der Waals surface area contributed by atoms with Gasteiger partial charge in [0.15, 0.2) is 0 Å². The first-order valence-corrected chi connectivity index (χ1v) is 8.15. The summed E-state index contributed by atoms with van der Waals surface area (Å²) in [5.41, 5.74) is -1.50. The number of hydrogen-bond donors (Lipinski definition) is 0. The lowest BCUT2D eigenvalue weighted by Crippen LogP contribution is -2.62. The van der Waals surface area contributed by atoms with Crippen LogP contribution >= 0.6 is 23.2 Å². The largest absolute Gasteiger partial charge is 0.416 e. The first-order chi connectivity index (χ1) is 12.3. The number of nitrogens with zero attached hydrogens (tertiary/aromatic N) is 1. The number of halogens is 8. The fourth-order valence-corrected chi connectivity index (χ4v) is 3.41. The summed E-state index contributed by atoms with van der Waals surface area (Å²) in [6.45, 7) is 0. The number of anilines is 1. The van der Waals surface area contributed by atoms with Crippen molar-refractivity contribution in [2.24, 2.45) is 0 Å². The highest BCUT2D eigenvalue weighted by Crippen LogP contribution is 2.53. The van der Waals surface area contributed by atoms with Crippen LogP contribution in [0.2, 0.25) is 0 Å². The highest BCUT2D eigenvalue weighted by atomic mass is 35.5. The van der Waals surface area contributed by atoms with E-state index in [0.29, 0.717) is 0 Å². The van der Waals surface area contributed by atoms with E-state index in [1.54, 1.807) is 0 Å². The van der Waals surface area contributed by atoms with Crippen LogP contribution < -0.4 is 4.90 Å². The molecule has 1 saturated heterocycles. The van der Waals surface area contributed by atoms with Crippen molar-refractivity contribution in [3.05, 3.63) is 65.2 Å². The summed E-state index contributed by atoms with van der Waals surface area (Å²) in [5, 5.41) is 0. The second-order valence-corrected chi connectivity index (χ2v) is 7.25. The molecule has 2 aromatic carbocycles. The van der Waals surface area contributed by atoms with Crippen LogP contribution in [0.1, 0.15) is 22.7 Å². The molecule has 1 heterocycles. The second-order valence-electron chi connectivity index (χ2n) is 5.87. The molecule has 3 rings (SSSR count). The molecule has 0 aliphatic carbocycles. The van der Waals surface area contributed by atoms with Crippen molar-refractivity contribution in [2.75, 3.05) is 4.90 Å². The predicted molar refractivity (Wildman–Crippen MR) is 87.6 cm³/mol. The van der Waals surface area contributed by atoms with E-state index in [0.717, 1.165) is 53.4 Å². The van der Waals surface area contributed by atoms with Crippen molar-refractivity contribution in [1.29, 1.82) is 0 Å². The fourth-order valence-electron chi connectivity index (χ4n) is 2.78. The summed E-state index contributed by atoms with van der Waals surface area (Å²) in [4.78, 5) is 13.3. The molecule has 0 aromatic heterocycles. The predicted octanol–water partition coefficient (Wildman–Crippen LogP) is 5.99. The molecule has 0 radical (unpaired) electrons. The lowest BCUT2D eigenvalue weighted by molar-refractivity contribution is -0.138. The quantitative estimate of drug-likeness (QED) is 0.327. The number of β-lactam (4-membered cyclic amide) rings is 1. The van der Waals surface area contributed by atoms with Gasteiger partial charge in [-0.2, -0.15) is 26.3 Å². The van der Waals surface area contributed by atoms with Gasteiger partial charge in [0.25, 0.3) is 5.91 Å². The van der Waals surface area contributed by atoms with Crippen LogP contribution in [0.4, 0.5) is 32.0 Å². The average molecular weight is 428 g/mol. The van der Waals surface area contributed by atoms with Crippen molar-refractivity contribution in [2.45, 2.75) is 22.7 Å². The number of rotatable bonds is 2. The maximum absolute atomic E-state index is 12.7. The molecular formula is C17H9Cl2F6NO. The molecule has 1 atom stereocenters. The Morgan fingerprint density at radius 3 is 1.59 bits per heavy atom. The van der Waals surface area contributed by atoms with Crippen LogP contribution in [0.25, 0.3) is 0 Å². The first kappa shape index (κ1) is 19.8. The smallest absolute Gasteiger partial charge is 0.299 e. The van der Waals surface area contributed by atoms with Crippen molar-refractivity contribution in [3.8, 4) is 0 Å². The van der Waals surface area contributed by atoms with Crippen molar-refractivity contribution in [3.63, 3.8) is 0 Å². The van der Waals surface area contributed by atoms with E-state index in [1.165, 1.54) is 0 Å². The number of carbonyl (C=O) groups is 1. The van der Waals surface area contributed by atoms with Crippen LogP contribution in [0.15, 0.2) is 48.5 Å².